The standard InChI is InChI=1S/C9H17N.ClH/c1-8(2)7-9-5-3-4-6-10-9;/h7,9-10H,3-6H2,1-2H3;1H. The Bertz CT molecular complexity index is 122. The molecular formula is C9H18ClN. The van der Waals surface area contributed by atoms with E-state index < -0.39 is 0 Å². The maximum atomic E-state index is 3.47. The minimum Gasteiger partial charge on any atom is -0.311 e. The van der Waals surface area contributed by atoms with Gasteiger partial charge < -0.3 is 5.32 Å². The molecule has 0 bridgehead atoms. The van der Waals surface area contributed by atoms with E-state index in [1.165, 1.54) is 31.4 Å². The van der Waals surface area contributed by atoms with Crippen LogP contribution in [0.5, 0.6) is 0 Å². The van der Waals surface area contributed by atoms with E-state index in [1.807, 2.05) is 0 Å². The summed E-state index contributed by atoms with van der Waals surface area (Å²) in [7, 11) is 0. The Morgan fingerprint density at radius 1 is 1.36 bits per heavy atom. The predicted octanol–water partition coefficient (Wildman–Crippen LogP) is 2.52. The van der Waals surface area contributed by atoms with Crippen molar-refractivity contribution >= 4 is 12.4 Å². The van der Waals surface area contributed by atoms with Crippen LogP contribution in [-0.2, 0) is 0 Å². The van der Waals surface area contributed by atoms with Gasteiger partial charge >= 0.3 is 0 Å². The molecule has 0 aromatic rings. The van der Waals surface area contributed by atoms with Crippen LogP contribution in [0.3, 0.4) is 0 Å². The fraction of sp³-hybridized carbons (Fsp3) is 0.778. The molecule has 11 heavy (non-hydrogen) atoms. The summed E-state index contributed by atoms with van der Waals surface area (Å²) in [6, 6.07) is 0.666. The zero-order valence-electron chi connectivity index (χ0n) is 7.39. The first-order valence-electron chi connectivity index (χ1n) is 4.17. The normalized spacial score (nSPS) is 23.6. The second-order valence-electron chi connectivity index (χ2n) is 3.30. The quantitative estimate of drug-likeness (QED) is 0.604. The predicted molar refractivity (Wildman–Crippen MR) is 52.3 cm³/mol. The largest absolute Gasteiger partial charge is 0.311 e. The Morgan fingerprint density at radius 3 is 2.55 bits per heavy atom. The van der Waals surface area contributed by atoms with Gasteiger partial charge in [0.15, 0.2) is 0 Å². The highest BCUT2D eigenvalue weighted by atomic mass is 35.5. The molecular weight excluding hydrogens is 158 g/mol. The lowest BCUT2D eigenvalue weighted by atomic mass is 10.0. The van der Waals surface area contributed by atoms with Crippen molar-refractivity contribution in [3.63, 3.8) is 0 Å². The minimum atomic E-state index is 0. The molecule has 1 atom stereocenters. The molecule has 1 aliphatic rings. The maximum Gasteiger partial charge on any atom is 0.0252 e. The summed E-state index contributed by atoms with van der Waals surface area (Å²) in [5.41, 5.74) is 1.43. The highest BCUT2D eigenvalue weighted by Gasteiger charge is 2.08. The summed E-state index contributed by atoms with van der Waals surface area (Å²) >= 11 is 0. The van der Waals surface area contributed by atoms with Gasteiger partial charge in [0, 0.05) is 6.04 Å². The van der Waals surface area contributed by atoms with Crippen LogP contribution in [0.15, 0.2) is 11.6 Å². The average molecular weight is 176 g/mol. The second kappa shape index (κ2) is 5.62. The van der Waals surface area contributed by atoms with Gasteiger partial charge in [-0.05, 0) is 33.2 Å². The first-order valence-corrected chi connectivity index (χ1v) is 4.17. The van der Waals surface area contributed by atoms with Crippen molar-refractivity contribution in [2.75, 3.05) is 6.54 Å². The van der Waals surface area contributed by atoms with Crippen LogP contribution < -0.4 is 5.32 Å². The smallest absolute Gasteiger partial charge is 0.0252 e. The fourth-order valence-corrected chi connectivity index (χ4v) is 1.42. The van der Waals surface area contributed by atoms with Gasteiger partial charge in [0.2, 0.25) is 0 Å². The second-order valence-corrected chi connectivity index (χ2v) is 3.30. The molecule has 0 radical (unpaired) electrons. The summed E-state index contributed by atoms with van der Waals surface area (Å²) in [6.07, 6.45) is 6.40. The van der Waals surface area contributed by atoms with Gasteiger partial charge in [0.05, 0.1) is 0 Å². The summed E-state index contributed by atoms with van der Waals surface area (Å²) < 4.78 is 0. The van der Waals surface area contributed by atoms with Crippen molar-refractivity contribution in [2.24, 2.45) is 0 Å². The van der Waals surface area contributed by atoms with Crippen LogP contribution in [0.25, 0.3) is 0 Å². The zero-order valence-corrected chi connectivity index (χ0v) is 8.21. The molecule has 0 amide bonds. The molecule has 2 heteroatoms. The Morgan fingerprint density at radius 2 is 2.09 bits per heavy atom. The molecule has 1 saturated heterocycles. The number of rotatable bonds is 1. The summed E-state index contributed by atoms with van der Waals surface area (Å²) in [5.74, 6) is 0. The van der Waals surface area contributed by atoms with E-state index in [0.717, 1.165) is 0 Å². The van der Waals surface area contributed by atoms with Crippen molar-refractivity contribution in [3.05, 3.63) is 11.6 Å². The first-order chi connectivity index (χ1) is 4.79. The van der Waals surface area contributed by atoms with Gasteiger partial charge in [-0.3, -0.25) is 0 Å². The Hall–Kier alpha value is -0.0100. The highest BCUT2D eigenvalue weighted by molar-refractivity contribution is 5.85. The third-order valence-corrected chi connectivity index (χ3v) is 1.88. The number of hydrogen-bond acceptors (Lipinski definition) is 1. The molecule has 1 N–H and O–H groups in total. The molecule has 66 valence electrons. The summed E-state index contributed by atoms with van der Waals surface area (Å²) in [5, 5.41) is 3.47. The maximum absolute atomic E-state index is 3.47. The molecule has 1 nitrogen and oxygen atoms in total. The van der Waals surface area contributed by atoms with Crippen molar-refractivity contribution in [1.82, 2.24) is 5.32 Å². The van der Waals surface area contributed by atoms with Crippen molar-refractivity contribution in [3.8, 4) is 0 Å². The number of hydrogen-bond donors (Lipinski definition) is 1. The van der Waals surface area contributed by atoms with Crippen LogP contribution in [0.1, 0.15) is 33.1 Å². The minimum absolute atomic E-state index is 0. The SMILES string of the molecule is CC(C)=CC1CCCCN1.Cl. The van der Waals surface area contributed by atoms with Gasteiger partial charge in [-0.1, -0.05) is 18.1 Å². The molecule has 0 aromatic carbocycles. The lowest BCUT2D eigenvalue weighted by Gasteiger charge is -2.20. The van der Waals surface area contributed by atoms with E-state index in [1.54, 1.807) is 0 Å². The Balaban J connectivity index is 0.000001000. The Labute approximate surface area is 75.7 Å². The Kier molecular flexibility index (Phi) is 5.61. The van der Waals surface area contributed by atoms with Crippen LogP contribution in [0, 0.1) is 0 Å². The highest BCUT2D eigenvalue weighted by Crippen LogP contribution is 2.09. The van der Waals surface area contributed by atoms with Gasteiger partial charge in [0.1, 0.15) is 0 Å². The van der Waals surface area contributed by atoms with Crippen molar-refractivity contribution in [2.45, 2.75) is 39.2 Å². The number of nitrogens with one attached hydrogen (secondary N) is 1. The molecule has 0 aliphatic carbocycles. The molecule has 0 spiro atoms. The van der Waals surface area contributed by atoms with E-state index >= 15 is 0 Å². The van der Waals surface area contributed by atoms with E-state index in [-0.39, 0.29) is 12.4 Å². The summed E-state index contributed by atoms with van der Waals surface area (Å²) in [6.45, 7) is 5.53. The topological polar surface area (TPSA) is 12.0 Å². The van der Waals surface area contributed by atoms with E-state index in [2.05, 4.69) is 25.2 Å². The molecule has 1 aliphatic heterocycles. The van der Waals surface area contributed by atoms with Crippen LogP contribution in [0.2, 0.25) is 0 Å². The monoisotopic (exact) mass is 175 g/mol. The van der Waals surface area contributed by atoms with Gasteiger partial charge in [-0.25, -0.2) is 0 Å². The molecule has 1 unspecified atom stereocenters. The lowest BCUT2D eigenvalue weighted by Crippen LogP contribution is -2.32. The average Bonchev–Trinajstić information content (AvgIpc) is 1.88. The fourth-order valence-electron chi connectivity index (χ4n) is 1.42. The number of allylic oxidation sites excluding steroid dienone is 1. The summed E-state index contributed by atoms with van der Waals surface area (Å²) in [4.78, 5) is 0. The van der Waals surface area contributed by atoms with E-state index in [0.29, 0.717) is 6.04 Å². The van der Waals surface area contributed by atoms with E-state index in [4.69, 9.17) is 0 Å². The zero-order chi connectivity index (χ0) is 7.40. The van der Waals surface area contributed by atoms with Crippen LogP contribution in [0.4, 0.5) is 0 Å². The number of piperidine rings is 1. The molecule has 1 heterocycles. The third-order valence-electron chi connectivity index (χ3n) is 1.88. The van der Waals surface area contributed by atoms with Gasteiger partial charge in [-0.2, -0.15) is 0 Å². The molecule has 0 saturated carbocycles. The molecule has 1 rings (SSSR count). The first kappa shape index (κ1) is 11.0. The van der Waals surface area contributed by atoms with E-state index in [9.17, 15) is 0 Å². The molecule has 1 fully saturated rings. The van der Waals surface area contributed by atoms with Crippen LogP contribution in [-0.4, -0.2) is 12.6 Å². The van der Waals surface area contributed by atoms with Crippen LogP contribution >= 0.6 is 12.4 Å². The number of halogens is 1. The van der Waals surface area contributed by atoms with Crippen molar-refractivity contribution in [1.29, 1.82) is 0 Å². The van der Waals surface area contributed by atoms with Gasteiger partial charge in [0.25, 0.3) is 0 Å². The third kappa shape index (κ3) is 4.44. The molecule has 0 aromatic heterocycles. The van der Waals surface area contributed by atoms with Crippen molar-refractivity contribution < 1.29 is 0 Å². The van der Waals surface area contributed by atoms with Gasteiger partial charge in [-0.15, -0.1) is 12.4 Å². The lowest BCUT2D eigenvalue weighted by molar-refractivity contribution is 0.453.